The van der Waals surface area contributed by atoms with E-state index in [4.69, 9.17) is 16.3 Å². The molecule has 0 spiro atoms. The lowest BCUT2D eigenvalue weighted by Crippen LogP contribution is -2.60. The van der Waals surface area contributed by atoms with Gasteiger partial charge >= 0.3 is 11.7 Å². The van der Waals surface area contributed by atoms with E-state index in [1.165, 1.54) is 31.2 Å². The van der Waals surface area contributed by atoms with Crippen LogP contribution in [0.5, 0.6) is 11.5 Å². The van der Waals surface area contributed by atoms with E-state index < -0.39 is 53.6 Å². The Morgan fingerprint density at radius 2 is 1.82 bits per heavy atom. The maximum atomic E-state index is 14.4. The molecule has 2 N–H and O–H groups in total. The van der Waals surface area contributed by atoms with Gasteiger partial charge in [-0.2, -0.15) is 18.3 Å². The van der Waals surface area contributed by atoms with Crippen LogP contribution in [0.2, 0.25) is 5.02 Å². The van der Waals surface area contributed by atoms with Crippen LogP contribution in [0.4, 0.5) is 13.2 Å². The number of halogens is 4. The van der Waals surface area contributed by atoms with Crippen molar-refractivity contribution >= 4 is 29.3 Å². The number of amides is 3. The zero-order valence-corrected chi connectivity index (χ0v) is 26.0. The minimum atomic E-state index is -4.83. The standard InChI is InChI=1S/C31H33ClF3N5O5/c1-16-13-21(9-12-25(16)45-26-14-17(2)37-38-29(26)43)28(42)36-18(3)30(44)40-23(20-7-6-8-22(32)15-20)10-11-24(40)27(31(33,34)35)39(5)19(4)41/h6-9,12-15,18,23-24,27H,10-11H2,1-5H3,(H,36,42)(H,38,43)/t18?,23-,24+,27?/m0/s1. The highest BCUT2D eigenvalue weighted by molar-refractivity contribution is 6.30. The van der Waals surface area contributed by atoms with Gasteiger partial charge in [-0.1, -0.05) is 23.7 Å². The SMILES string of the molecule is CC(=O)N(C)C([C@H]1CC[C@@H](c2cccc(Cl)c2)N1C(=O)C(C)NC(=O)c1ccc(Oc2cc(C)n[nH]c2=O)c(C)c1)C(F)(F)F. The Kier molecular flexibility index (Phi) is 9.91. The van der Waals surface area contributed by atoms with Crippen molar-refractivity contribution in [1.82, 2.24) is 25.3 Å². The average Bonchev–Trinajstić information content (AvgIpc) is 3.38. The van der Waals surface area contributed by atoms with Gasteiger partial charge in [-0.25, -0.2) is 5.10 Å². The van der Waals surface area contributed by atoms with E-state index in [1.54, 1.807) is 38.1 Å². The maximum Gasteiger partial charge on any atom is 0.410 e. The van der Waals surface area contributed by atoms with Gasteiger partial charge in [0.05, 0.1) is 17.8 Å². The van der Waals surface area contributed by atoms with Crippen LogP contribution in [0.1, 0.15) is 59.9 Å². The number of hydrogen-bond acceptors (Lipinski definition) is 6. The molecule has 0 saturated carbocycles. The number of aryl methyl sites for hydroxylation is 2. The quantitative estimate of drug-likeness (QED) is 0.351. The molecule has 4 atom stereocenters. The van der Waals surface area contributed by atoms with E-state index in [0.717, 1.165) is 18.9 Å². The summed E-state index contributed by atoms with van der Waals surface area (Å²) in [5.74, 6) is -1.87. The fourth-order valence-corrected chi connectivity index (χ4v) is 5.74. The second kappa shape index (κ2) is 13.3. The molecule has 1 aliphatic rings. The summed E-state index contributed by atoms with van der Waals surface area (Å²) in [5.41, 5.74) is 1.21. The molecule has 10 nitrogen and oxygen atoms in total. The highest BCUT2D eigenvalue weighted by Crippen LogP contribution is 2.43. The minimum absolute atomic E-state index is 0.0176. The molecule has 14 heteroatoms. The lowest BCUT2D eigenvalue weighted by atomic mass is 10.0. The maximum absolute atomic E-state index is 14.4. The Morgan fingerprint density at radius 3 is 2.44 bits per heavy atom. The number of ether oxygens (including phenoxy) is 1. The number of aromatic amines is 1. The lowest BCUT2D eigenvalue weighted by Gasteiger charge is -2.40. The number of likely N-dealkylation sites (N-methyl/N-ethyl adjacent to an activating group) is 1. The Morgan fingerprint density at radius 1 is 1.11 bits per heavy atom. The molecule has 4 rings (SSSR count). The van der Waals surface area contributed by atoms with Crippen molar-refractivity contribution in [3.8, 4) is 11.5 Å². The third kappa shape index (κ3) is 7.47. The molecule has 1 aromatic heterocycles. The number of benzene rings is 2. The van der Waals surface area contributed by atoms with Crippen molar-refractivity contribution in [1.29, 1.82) is 0 Å². The summed E-state index contributed by atoms with van der Waals surface area (Å²) in [7, 11) is 1.06. The molecule has 0 bridgehead atoms. The van der Waals surface area contributed by atoms with Gasteiger partial charge in [0.15, 0.2) is 5.75 Å². The molecule has 1 fully saturated rings. The van der Waals surface area contributed by atoms with Gasteiger partial charge in [-0.15, -0.1) is 0 Å². The fourth-order valence-electron chi connectivity index (χ4n) is 5.54. The number of nitrogens with zero attached hydrogens (tertiary/aromatic N) is 3. The van der Waals surface area contributed by atoms with Crippen molar-refractivity contribution in [2.45, 2.75) is 70.9 Å². The molecule has 2 heterocycles. The number of hydrogen-bond donors (Lipinski definition) is 2. The summed E-state index contributed by atoms with van der Waals surface area (Å²) in [6.45, 7) is 5.77. The number of carbonyl (C=O) groups excluding carboxylic acids is 3. The third-order valence-electron chi connectivity index (χ3n) is 7.80. The summed E-state index contributed by atoms with van der Waals surface area (Å²) < 4.78 is 49.0. The molecule has 2 aromatic carbocycles. The van der Waals surface area contributed by atoms with Crippen LogP contribution >= 0.6 is 11.6 Å². The molecular weight excluding hydrogens is 615 g/mol. The Bertz CT molecular complexity index is 1660. The summed E-state index contributed by atoms with van der Waals surface area (Å²) in [6, 6.07) is 6.73. The number of rotatable bonds is 8. The van der Waals surface area contributed by atoms with Gasteiger partial charge in [0.25, 0.3) is 5.91 Å². The Labute approximate surface area is 262 Å². The van der Waals surface area contributed by atoms with E-state index >= 15 is 0 Å². The van der Waals surface area contributed by atoms with Crippen molar-refractivity contribution in [3.05, 3.63) is 86.3 Å². The van der Waals surface area contributed by atoms with Gasteiger partial charge < -0.3 is 19.9 Å². The summed E-state index contributed by atoms with van der Waals surface area (Å²) >= 11 is 6.17. The summed E-state index contributed by atoms with van der Waals surface area (Å²) in [4.78, 5) is 53.1. The fraction of sp³-hybridized carbons (Fsp3) is 0.387. The largest absolute Gasteiger partial charge is 0.451 e. The first kappa shape index (κ1) is 33.5. The number of likely N-dealkylation sites (tertiary alicyclic amines) is 1. The van der Waals surface area contributed by atoms with Gasteiger partial charge in [0.1, 0.15) is 17.8 Å². The number of aromatic nitrogens is 2. The first-order chi connectivity index (χ1) is 21.1. The predicted molar refractivity (Wildman–Crippen MR) is 160 cm³/mol. The van der Waals surface area contributed by atoms with Crippen molar-refractivity contribution < 1.29 is 32.3 Å². The third-order valence-corrected chi connectivity index (χ3v) is 8.04. The highest BCUT2D eigenvalue weighted by atomic mass is 35.5. The number of alkyl halides is 3. The molecule has 3 amide bonds. The average molecular weight is 648 g/mol. The predicted octanol–water partition coefficient (Wildman–Crippen LogP) is 5.09. The van der Waals surface area contributed by atoms with E-state index in [9.17, 15) is 32.3 Å². The second-order valence-electron chi connectivity index (χ2n) is 11.1. The van der Waals surface area contributed by atoms with Crippen LogP contribution < -0.4 is 15.6 Å². The van der Waals surface area contributed by atoms with Crippen LogP contribution in [-0.4, -0.2) is 69.1 Å². The number of carbonyl (C=O) groups is 3. The normalized spacial score (nSPS) is 17.8. The lowest BCUT2D eigenvalue weighted by molar-refractivity contribution is -0.199. The molecule has 0 aliphatic carbocycles. The van der Waals surface area contributed by atoms with Gasteiger partial charge in [0, 0.05) is 30.6 Å². The van der Waals surface area contributed by atoms with Gasteiger partial charge in [-0.05, 0) is 75.1 Å². The molecule has 240 valence electrons. The molecule has 0 radical (unpaired) electrons. The molecule has 45 heavy (non-hydrogen) atoms. The van der Waals surface area contributed by atoms with E-state index in [-0.39, 0.29) is 24.2 Å². The zero-order chi connectivity index (χ0) is 33.2. The number of H-pyrrole nitrogens is 1. The van der Waals surface area contributed by atoms with Crippen LogP contribution in [0.3, 0.4) is 0 Å². The highest BCUT2D eigenvalue weighted by Gasteiger charge is 2.54. The molecule has 1 saturated heterocycles. The van der Waals surface area contributed by atoms with Crippen LogP contribution in [0.15, 0.2) is 53.3 Å². The monoisotopic (exact) mass is 647 g/mol. The van der Waals surface area contributed by atoms with Crippen molar-refractivity contribution in [2.75, 3.05) is 7.05 Å². The smallest absolute Gasteiger partial charge is 0.410 e. The molecular formula is C31H33ClF3N5O5. The number of nitrogens with one attached hydrogen (secondary N) is 2. The molecule has 3 aromatic rings. The van der Waals surface area contributed by atoms with Crippen molar-refractivity contribution in [3.63, 3.8) is 0 Å². The van der Waals surface area contributed by atoms with Crippen LogP contribution in [0, 0.1) is 13.8 Å². The van der Waals surface area contributed by atoms with Crippen LogP contribution in [-0.2, 0) is 9.59 Å². The second-order valence-corrected chi connectivity index (χ2v) is 11.5. The van der Waals surface area contributed by atoms with Gasteiger partial charge in [0.2, 0.25) is 11.8 Å². The zero-order valence-electron chi connectivity index (χ0n) is 25.2. The minimum Gasteiger partial charge on any atom is -0.451 e. The van der Waals surface area contributed by atoms with Crippen LogP contribution in [0.25, 0.3) is 0 Å². The van der Waals surface area contributed by atoms with Gasteiger partial charge in [-0.3, -0.25) is 19.2 Å². The van der Waals surface area contributed by atoms with E-state index in [0.29, 0.717) is 32.5 Å². The first-order valence-corrected chi connectivity index (χ1v) is 14.5. The Balaban J connectivity index is 1.60. The van der Waals surface area contributed by atoms with E-state index in [1.807, 2.05) is 0 Å². The first-order valence-electron chi connectivity index (χ1n) is 14.1. The molecule has 1 aliphatic heterocycles. The van der Waals surface area contributed by atoms with E-state index in [2.05, 4.69) is 15.5 Å². The Hall–Kier alpha value is -4.39. The topological polar surface area (TPSA) is 125 Å². The summed E-state index contributed by atoms with van der Waals surface area (Å²) in [5, 5.41) is 9.07. The summed E-state index contributed by atoms with van der Waals surface area (Å²) in [6.07, 6.45) is -4.68. The molecule has 2 unspecified atom stereocenters. The van der Waals surface area contributed by atoms with Crippen molar-refractivity contribution in [2.24, 2.45) is 0 Å².